The molecule has 0 atom stereocenters. The van der Waals surface area contributed by atoms with Gasteiger partial charge in [-0.05, 0) is 75.3 Å². The van der Waals surface area contributed by atoms with E-state index in [-0.39, 0.29) is 10.8 Å². The van der Waals surface area contributed by atoms with Gasteiger partial charge in [-0.25, -0.2) is 8.42 Å². The Morgan fingerprint density at radius 3 is 2.35 bits per heavy atom. The first-order valence-electron chi connectivity index (χ1n) is 10.6. The number of anilines is 1. The summed E-state index contributed by atoms with van der Waals surface area (Å²) in [6, 6.07) is 11.5. The Morgan fingerprint density at radius 2 is 1.68 bits per heavy atom. The number of piperazine rings is 1. The van der Waals surface area contributed by atoms with Gasteiger partial charge >= 0.3 is 0 Å². The molecule has 3 rings (SSSR count). The van der Waals surface area contributed by atoms with E-state index >= 15 is 0 Å². The van der Waals surface area contributed by atoms with Crippen molar-refractivity contribution in [3.8, 4) is 0 Å². The third-order valence-corrected chi connectivity index (χ3v) is 7.19. The fraction of sp³-hybridized carbons (Fsp3) is 0.435. The van der Waals surface area contributed by atoms with E-state index in [0.29, 0.717) is 17.8 Å². The fourth-order valence-corrected chi connectivity index (χ4v) is 4.65. The molecule has 2 N–H and O–H groups in total. The van der Waals surface area contributed by atoms with Crippen LogP contribution in [0.1, 0.15) is 27.9 Å². The van der Waals surface area contributed by atoms with Crippen LogP contribution in [0, 0.1) is 13.8 Å². The first kappa shape index (κ1) is 23.2. The number of hydrogen-bond acceptors (Lipinski definition) is 5. The zero-order chi connectivity index (χ0) is 22.4. The van der Waals surface area contributed by atoms with E-state index in [0.717, 1.165) is 50.3 Å². The number of sulfonamides is 1. The average Bonchev–Trinajstić information content (AvgIpc) is 2.75. The van der Waals surface area contributed by atoms with Crippen LogP contribution in [0.25, 0.3) is 0 Å². The van der Waals surface area contributed by atoms with Crippen LogP contribution in [-0.2, 0) is 10.0 Å². The van der Waals surface area contributed by atoms with E-state index in [1.165, 1.54) is 12.1 Å². The fourth-order valence-electron chi connectivity index (χ4n) is 3.53. The molecular formula is C23H32N4O3S. The summed E-state index contributed by atoms with van der Waals surface area (Å²) in [5.41, 5.74) is 2.91. The van der Waals surface area contributed by atoms with Gasteiger partial charge in [-0.15, -0.1) is 0 Å². The van der Waals surface area contributed by atoms with Gasteiger partial charge in [0.25, 0.3) is 15.9 Å². The van der Waals surface area contributed by atoms with E-state index in [2.05, 4.69) is 26.9 Å². The monoisotopic (exact) mass is 444 g/mol. The maximum absolute atomic E-state index is 12.7. The molecule has 168 valence electrons. The zero-order valence-corrected chi connectivity index (χ0v) is 19.3. The normalized spacial score (nSPS) is 15.6. The second-order valence-corrected chi connectivity index (χ2v) is 9.81. The lowest BCUT2D eigenvalue weighted by molar-refractivity contribution is 0.0949. The van der Waals surface area contributed by atoms with Crippen molar-refractivity contribution in [3.63, 3.8) is 0 Å². The number of hydrogen-bond donors (Lipinski definition) is 2. The molecule has 1 fully saturated rings. The Hall–Kier alpha value is -2.42. The molecule has 0 bridgehead atoms. The van der Waals surface area contributed by atoms with Crippen molar-refractivity contribution in [2.75, 3.05) is 51.0 Å². The maximum Gasteiger partial charge on any atom is 0.261 e. The first-order chi connectivity index (χ1) is 14.8. The molecule has 0 spiro atoms. The summed E-state index contributed by atoms with van der Waals surface area (Å²) in [5, 5.41) is 2.92. The van der Waals surface area contributed by atoms with Gasteiger partial charge in [-0.1, -0.05) is 12.1 Å². The van der Waals surface area contributed by atoms with Crippen molar-refractivity contribution in [1.29, 1.82) is 0 Å². The number of carbonyl (C=O) groups excluding carboxylic acids is 1. The largest absolute Gasteiger partial charge is 0.352 e. The van der Waals surface area contributed by atoms with Crippen LogP contribution in [0.3, 0.4) is 0 Å². The summed E-state index contributed by atoms with van der Waals surface area (Å²) in [6.07, 6.45) is 0.891. The Labute approximate surface area is 185 Å². The highest BCUT2D eigenvalue weighted by Crippen LogP contribution is 2.22. The predicted molar refractivity (Wildman–Crippen MR) is 124 cm³/mol. The molecule has 1 heterocycles. The molecule has 1 amide bonds. The molecule has 1 aliphatic rings. The predicted octanol–water partition coefficient (Wildman–Crippen LogP) is 2.47. The van der Waals surface area contributed by atoms with Crippen molar-refractivity contribution >= 4 is 21.6 Å². The number of rotatable bonds is 8. The lowest BCUT2D eigenvalue weighted by Crippen LogP contribution is -2.45. The van der Waals surface area contributed by atoms with Crippen LogP contribution in [0.4, 0.5) is 5.69 Å². The standard InChI is InChI=1S/C23H32N4O3S/c1-18-6-4-7-22(19(18)2)25-31(29,30)21-10-8-20(9-11-21)23(28)24-12-5-13-27-16-14-26(3)15-17-27/h4,6-11,25H,5,12-17H2,1-3H3,(H,24,28). The zero-order valence-electron chi connectivity index (χ0n) is 18.5. The number of amides is 1. The van der Waals surface area contributed by atoms with Gasteiger partial charge in [0, 0.05) is 38.3 Å². The molecule has 0 aliphatic carbocycles. The van der Waals surface area contributed by atoms with Crippen molar-refractivity contribution in [3.05, 3.63) is 59.2 Å². The van der Waals surface area contributed by atoms with E-state index in [1.54, 1.807) is 18.2 Å². The minimum atomic E-state index is -3.72. The van der Waals surface area contributed by atoms with Gasteiger partial charge in [0.05, 0.1) is 10.6 Å². The minimum absolute atomic E-state index is 0.125. The number of benzene rings is 2. The summed E-state index contributed by atoms with van der Waals surface area (Å²) in [6.45, 7) is 9.68. The Bertz CT molecular complexity index is 998. The minimum Gasteiger partial charge on any atom is -0.352 e. The third-order valence-electron chi connectivity index (χ3n) is 5.81. The van der Waals surface area contributed by atoms with Gasteiger partial charge < -0.3 is 15.1 Å². The Morgan fingerprint density at radius 1 is 1.00 bits per heavy atom. The van der Waals surface area contributed by atoms with E-state index < -0.39 is 10.0 Å². The van der Waals surface area contributed by atoms with E-state index in [1.807, 2.05) is 26.0 Å². The van der Waals surface area contributed by atoms with Crippen molar-refractivity contribution in [1.82, 2.24) is 15.1 Å². The number of nitrogens with one attached hydrogen (secondary N) is 2. The van der Waals surface area contributed by atoms with Gasteiger partial charge in [0.15, 0.2) is 0 Å². The molecule has 31 heavy (non-hydrogen) atoms. The van der Waals surface area contributed by atoms with Crippen LogP contribution >= 0.6 is 0 Å². The average molecular weight is 445 g/mol. The summed E-state index contributed by atoms with van der Waals surface area (Å²) in [4.78, 5) is 17.2. The van der Waals surface area contributed by atoms with Gasteiger partial charge in [-0.3, -0.25) is 9.52 Å². The summed E-state index contributed by atoms with van der Waals surface area (Å²) >= 11 is 0. The second-order valence-electron chi connectivity index (χ2n) is 8.13. The molecule has 0 radical (unpaired) electrons. The van der Waals surface area contributed by atoms with Crippen molar-refractivity contribution < 1.29 is 13.2 Å². The lowest BCUT2D eigenvalue weighted by Gasteiger charge is -2.32. The lowest BCUT2D eigenvalue weighted by atomic mass is 10.1. The molecule has 0 saturated carbocycles. The summed E-state index contributed by atoms with van der Waals surface area (Å²) in [5.74, 6) is -0.190. The molecule has 1 aliphatic heterocycles. The van der Waals surface area contributed by atoms with Crippen LogP contribution in [-0.4, -0.2) is 70.4 Å². The van der Waals surface area contributed by atoms with Gasteiger partial charge in [0.2, 0.25) is 0 Å². The molecule has 0 aromatic heterocycles. The molecule has 2 aromatic carbocycles. The highest BCUT2D eigenvalue weighted by atomic mass is 32.2. The van der Waals surface area contributed by atoms with Crippen molar-refractivity contribution in [2.45, 2.75) is 25.2 Å². The second kappa shape index (κ2) is 10.3. The summed E-state index contributed by atoms with van der Waals surface area (Å²) < 4.78 is 28.0. The Balaban J connectivity index is 1.51. The quantitative estimate of drug-likeness (QED) is 0.612. The molecule has 0 unspecified atom stereocenters. The van der Waals surface area contributed by atoms with Gasteiger partial charge in [-0.2, -0.15) is 0 Å². The highest BCUT2D eigenvalue weighted by Gasteiger charge is 2.17. The number of aryl methyl sites for hydroxylation is 1. The summed E-state index contributed by atoms with van der Waals surface area (Å²) in [7, 11) is -1.59. The third kappa shape index (κ3) is 6.29. The smallest absolute Gasteiger partial charge is 0.261 e. The molecular weight excluding hydrogens is 412 g/mol. The molecule has 7 nitrogen and oxygen atoms in total. The SMILES string of the molecule is Cc1cccc(NS(=O)(=O)c2ccc(C(=O)NCCCN3CCN(C)CC3)cc2)c1C. The molecule has 1 saturated heterocycles. The first-order valence-corrected chi connectivity index (χ1v) is 12.1. The van der Waals surface area contributed by atoms with Crippen LogP contribution in [0.15, 0.2) is 47.4 Å². The van der Waals surface area contributed by atoms with Gasteiger partial charge in [0.1, 0.15) is 0 Å². The van der Waals surface area contributed by atoms with Crippen LogP contribution < -0.4 is 10.0 Å². The molecule has 2 aromatic rings. The number of nitrogens with zero attached hydrogens (tertiary/aromatic N) is 2. The van der Waals surface area contributed by atoms with E-state index in [9.17, 15) is 13.2 Å². The Kier molecular flexibility index (Phi) is 7.69. The van der Waals surface area contributed by atoms with E-state index in [4.69, 9.17) is 0 Å². The van der Waals surface area contributed by atoms with Crippen molar-refractivity contribution in [2.24, 2.45) is 0 Å². The highest BCUT2D eigenvalue weighted by molar-refractivity contribution is 7.92. The van der Waals surface area contributed by atoms with Crippen LogP contribution in [0.5, 0.6) is 0 Å². The molecule has 8 heteroatoms. The van der Waals surface area contributed by atoms with Crippen LogP contribution in [0.2, 0.25) is 0 Å². The number of likely N-dealkylation sites (N-methyl/N-ethyl adjacent to an activating group) is 1. The topological polar surface area (TPSA) is 81.7 Å². The maximum atomic E-state index is 12.7. The number of carbonyl (C=O) groups is 1.